The number of pyridine rings is 1. The summed E-state index contributed by atoms with van der Waals surface area (Å²) in [5.41, 5.74) is 0.945. The Hall–Kier alpha value is -2.80. The maximum Gasteiger partial charge on any atom is 0.251 e. The summed E-state index contributed by atoms with van der Waals surface area (Å²) in [6.07, 6.45) is 1.40. The van der Waals surface area contributed by atoms with Crippen LogP contribution in [0, 0.1) is 0 Å². The fraction of sp³-hybridized carbons (Fsp3) is 0.278. The first-order valence-corrected chi connectivity index (χ1v) is 8.66. The summed E-state index contributed by atoms with van der Waals surface area (Å²) in [7, 11) is 0. The number of anilines is 1. The number of aromatic amines is 1. The fourth-order valence-electron chi connectivity index (χ4n) is 2.82. The molecule has 0 saturated carbocycles. The van der Waals surface area contributed by atoms with Gasteiger partial charge in [0, 0.05) is 54.7 Å². The van der Waals surface area contributed by atoms with Crippen LogP contribution in [0.15, 0.2) is 47.4 Å². The fourth-order valence-corrected chi connectivity index (χ4v) is 2.95. The van der Waals surface area contributed by atoms with E-state index in [9.17, 15) is 14.4 Å². The van der Waals surface area contributed by atoms with E-state index in [1.165, 1.54) is 18.3 Å². The molecule has 2 N–H and O–H groups in total. The van der Waals surface area contributed by atoms with Crippen LogP contribution in [0.1, 0.15) is 10.4 Å². The van der Waals surface area contributed by atoms with Crippen molar-refractivity contribution in [2.75, 3.05) is 37.6 Å². The number of nitrogens with one attached hydrogen (secondary N) is 2. The molecule has 136 valence electrons. The van der Waals surface area contributed by atoms with Gasteiger partial charge in [0.2, 0.25) is 11.5 Å². The molecule has 0 atom stereocenters. The maximum atomic E-state index is 12.3. The van der Waals surface area contributed by atoms with Crippen molar-refractivity contribution in [1.82, 2.24) is 15.2 Å². The molecule has 2 amide bonds. The van der Waals surface area contributed by atoms with Gasteiger partial charge in [-0.1, -0.05) is 11.6 Å². The molecule has 2 aromatic rings. The number of halogens is 1. The number of amides is 2. The number of H-pyrrole nitrogens is 1. The number of hydrogen-bond acceptors (Lipinski definition) is 4. The van der Waals surface area contributed by atoms with Gasteiger partial charge in [-0.2, -0.15) is 0 Å². The zero-order valence-electron chi connectivity index (χ0n) is 14.1. The highest BCUT2D eigenvalue weighted by molar-refractivity contribution is 6.30. The Morgan fingerprint density at radius 3 is 2.42 bits per heavy atom. The van der Waals surface area contributed by atoms with E-state index >= 15 is 0 Å². The third-order valence-corrected chi connectivity index (χ3v) is 4.51. The van der Waals surface area contributed by atoms with Gasteiger partial charge in [-0.15, -0.1) is 0 Å². The lowest BCUT2D eigenvalue weighted by Crippen LogP contribution is -2.51. The van der Waals surface area contributed by atoms with Gasteiger partial charge in [0.25, 0.3) is 5.91 Å². The molecule has 1 saturated heterocycles. The SMILES string of the molecule is O=C(NCC(=O)N1CCN(c2ccc(Cl)cc2)CC1)c1cc[nH]c(=O)c1. The Balaban J connectivity index is 1.48. The molecule has 0 unspecified atom stereocenters. The van der Waals surface area contributed by atoms with Crippen LogP contribution < -0.4 is 15.8 Å². The topological polar surface area (TPSA) is 85.5 Å². The zero-order chi connectivity index (χ0) is 18.5. The lowest BCUT2D eigenvalue weighted by atomic mass is 10.2. The van der Waals surface area contributed by atoms with Crippen LogP contribution in [0.4, 0.5) is 5.69 Å². The molecule has 3 rings (SSSR count). The Labute approximate surface area is 155 Å². The molecule has 1 aliphatic heterocycles. The molecule has 0 radical (unpaired) electrons. The van der Waals surface area contributed by atoms with Gasteiger partial charge in [-0.25, -0.2) is 0 Å². The van der Waals surface area contributed by atoms with Gasteiger partial charge in [-0.3, -0.25) is 14.4 Å². The highest BCUT2D eigenvalue weighted by atomic mass is 35.5. The van der Waals surface area contributed by atoms with Crippen molar-refractivity contribution in [3.8, 4) is 0 Å². The monoisotopic (exact) mass is 374 g/mol. The first kappa shape index (κ1) is 18.0. The van der Waals surface area contributed by atoms with E-state index in [4.69, 9.17) is 11.6 Å². The molecule has 7 nitrogen and oxygen atoms in total. The van der Waals surface area contributed by atoms with E-state index < -0.39 is 5.91 Å². The Bertz CT molecular complexity index is 842. The number of nitrogens with zero attached hydrogens (tertiary/aromatic N) is 2. The largest absolute Gasteiger partial charge is 0.368 e. The van der Waals surface area contributed by atoms with Gasteiger partial charge in [0.05, 0.1) is 6.54 Å². The second-order valence-electron chi connectivity index (χ2n) is 5.97. The summed E-state index contributed by atoms with van der Waals surface area (Å²) in [6, 6.07) is 10.3. The van der Waals surface area contributed by atoms with E-state index in [0.29, 0.717) is 18.1 Å². The second-order valence-corrected chi connectivity index (χ2v) is 6.40. The number of hydrogen-bond donors (Lipinski definition) is 2. The maximum absolute atomic E-state index is 12.3. The average Bonchev–Trinajstić information content (AvgIpc) is 2.66. The van der Waals surface area contributed by atoms with Crippen LogP contribution in [-0.4, -0.2) is 54.4 Å². The normalized spacial score (nSPS) is 14.2. The molecular formula is C18H19ClN4O3. The first-order valence-electron chi connectivity index (χ1n) is 8.28. The predicted octanol–water partition coefficient (Wildman–Crippen LogP) is 1.11. The average molecular weight is 375 g/mol. The second kappa shape index (κ2) is 8.05. The molecular weight excluding hydrogens is 356 g/mol. The number of piperazine rings is 1. The zero-order valence-corrected chi connectivity index (χ0v) is 14.8. The predicted molar refractivity (Wildman–Crippen MR) is 99.6 cm³/mol. The Morgan fingerprint density at radius 2 is 1.77 bits per heavy atom. The van der Waals surface area contributed by atoms with Crippen LogP contribution in [0.5, 0.6) is 0 Å². The molecule has 8 heteroatoms. The van der Waals surface area contributed by atoms with Gasteiger partial charge in [-0.05, 0) is 30.3 Å². The van der Waals surface area contributed by atoms with Crippen LogP contribution in [-0.2, 0) is 4.79 Å². The Kier molecular flexibility index (Phi) is 5.58. The minimum Gasteiger partial charge on any atom is -0.368 e. The van der Waals surface area contributed by atoms with Crippen molar-refractivity contribution in [1.29, 1.82) is 0 Å². The number of rotatable bonds is 4. The third-order valence-electron chi connectivity index (χ3n) is 4.26. The Morgan fingerprint density at radius 1 is 1.08 bits per heavy atom. The number of carbonyl (C=O) groups excluding carboxylic acids is 2. The minimum atomic E-state index is -0.441. The minimum absolute atomic E-state index is 0.0907. The van der Waals surface area contributed by atoms with Crippen LogP contribution in [0.2, 0.25) is 5.02 Å². The lowest BCUT2D eigenvalue weighted by molar-refractivity contribution is -0.130. The van der Waals surface area contributed by atoms with Gasteiger partial charge >= 0.3 is 0 Å². The van der Waals surface area contributed by atoms with Crippen LogP contribution in [0.3, 0.4) is 0 Å². The number of carbonyl (C=O) groups is 2. The molecule has 1 aromatic carbocycles. The molecule has 0 bridgehead atoms. The third kappa shape index (κ3) is 4.43. The standard InChI is InChI=1S/C18H19ClN4O3/c19-14-1-3-15(4-2-14)22-7-9-23(10-8-22)17(25)12-21-18(26)13-5-6-20-16(24)11-13/h1-6,11H,7-10,12H2,(H,20,24)(H,21,26). The van der Waals surface area contributed by atoms with Gasteiger partial charge in [0.15, 0.2) is 0 Å². The first-order chi connectivity index (χ1) is 12.5. The van der Waals surface area contributed by atoms with E-state index in [-0.39, 0.29) is 23.6 Å². The van der Waals surface area contributed by atoms with Gasteiger partial charge < -0.3 is 20.1 Å². The van der Waals surface area contributed by atoms with Crippen LogP contribution in [0.25, 0.3) is 0 Å². The van der Waals surface area contributed by atoms with Crippen molar-refractivity contribution in [3.05, 3.63) is 63.5 Å². The molecule has 2 heterocycles. The van der Waals surface area contributed by atoms with Crippen molar-refractivity contribution >= 4 is 29.1 Å². The van der Waals surface area contributed by atoms with E-state index in [1.54, 1.807) is 4.90 Å². The highest BCUT2D eigenvalue weighted by Gasteiger charge is 2.21. The van der Waals surface area contributed by atoms with Crippen molar-refractivity contribution in [3.63, 3.8) is 0 Å². The van der Waals surface area contributed by atoms with Crippen molar-refractivity contribution < 1.29 is 9.59 Å². The van der Waals surface area contributed by atoms with E-state index in [2.05, 4.69) is 15.2 Å². The summed E-state index contributed by atoms with van der Waals surface area (Å²) < 4.78 is 0. The highest BCUT2D eigenvalue weighted by Crippen LogP contribution is 2.19. The smallest absolute Gasteiger partial charge is 0.251 e. The molecule has 1 aromatic heterocycles. The summed E-state index contributed by atoms with van der Waals surface area (Å²) >= 11 is 5.90. The van der Waals surface area contributed by atoms with Crippen LogP contribution >= 0.6 is 11.6 Å². The molecule has 1 aliphatic rings. The van der Waals surface area contributed by atoms with E-state index in [1.807, 2.05) is 24.3 Å². The number of benzene rings is 1. The summed E-state index contributed by atoms with van der Waals surface area (Å²) in [4.78, 5) is 41.9. The van der Waals surface area contributed by atoms with Crippen molar-refractivity contribution in [2.45, 2.75) is 0 Å². The molecule has 26 heavy (non-hydrogen) atoms. The van der Waals surface area contributed by atoms with Gasteiger partial charge in [0.1, 0.15) is 0 Å². The number of aromatic nitrogens is 1. The summed E-state index contributed by atoms with van der Waals surface area (Å²) in [5.74, 6) is -0.580. The molecule has 0 spiro atoms. The summed E-state index contributed by atoms with van der Waals surface area (Å²) in [6.45, 7) is 2.52. The molecule has 0 aliphatic carbocycles. The molecule has 1 fully saturated rings. The quantitative estimate of drug-likeness (QED) is 0.839. The van der Waals surface area contributed by atoms with E-state index in [0.717, 1.165) is 18.8 Å². The van der Waals surface area contributed by atoms with Crippen molar-refractivity contribution in [2.24, 2.45) is 0 Å². The summed E-state index contributed by atoms with van der Waals surface area (Å²) in [5, 5.41) is 3.25. The lowest BCUT2D eigenvalue weighted by Gasteiger charge is -2.36.